The van der Waals surface area contributed by atoms with E-state index in [1.807, 2.05) is 0 Å². The van der Waals surface area contributed by atoms with Crippen LogP contribution in [0.1, 0.15) is 32.7 Å². The molecule has 0 bridgehead atoms. The van der Waals surface area contributed by atoms with Crippen molar-refractivity contribution in [3.63, 3.8) is 0 Å². The van der Waals surface area contributed by atoms with Gasteiger partial charge in [-0.2, -0.15) is 13.2 Å². The molecular formula is C22H19F3N4O. The van der Waals surface area contributed by atoms with Crippen molar-refractivity contribution in [2.45, 2.75) is 26.1 Å². The quantitative estimate of drug-likeness (QED) is 0.682. The maximum Gasteiger partial charge on any atom is 0.418 e. The van der Waals surface area contributed by atoms with Crippen LogP contribution in [0, 0.1) is 6.92 Å². The molecule has 1 aromatic heterocycles. The Hall–Kier alpha value is -3.42. The highest BCUT2D eigenvalue weighted by Gasteiger charge is 2.37. The lowest BCUT2D eigenvalue weighted by molar-refractivity contribution is -0.137. The molecule has 0 fully saturated rings. The first kappa shape index (κ1) is 19.9. The number of benzene rings is 2. The lowest BCUT2D eigenvalue weighted by Crippen LogP contribution is -2.33. The molecule has 0 atom stereocenters. The van der Waals surface area contributed by atoms with E-state index in [-0.39, 0.29) is 17.9 Å². The topological polar surface area (TPSA) is 58.1 Å². The molecular weight excluding hydrogens is 393 g/mol. The van der Waals surface area contributed by atoms with Gasteiger partial charge < -0.3 is 10.2 Å². The second-order valence-corrected chi connectivity index (χ2v) is 7.19. The molecule has 1 aliphatic rings. The van der Waals surface area contributed by atoms with Crippen molar-refractivity contribution in [3.8, 4) is 0 Å². The third kappa shape index (κ3) is 3.98. The number of carbonyl (C=O) groups excluding carboxylic acids is 1. The number of fused-ring (bicyclic) bond motifs is 1. The predicted octanol–water partition coefficient (Wildman–Crippen LogP) is 4.62. The Kier molecular flexibility index (Phi) is 5.15. The second-order valence-electron chi connectivity index (χ2n) is 7.19. The Balaban J connectivity index is 1.78. The fraction of sp³-hybridized carbons (Fsp3) is 0.227. The summed E-state index contributed by atoms with van der Waals surface area (Å²) in [6.45, 7) is 2.16. The SMILES string of the molecule is Cc1cc(NC(=O)c2ccccc2)c(N2CCc3ncncc3C2)c(C(F)(F)F)c1. The van der Waals surface area contributed by atoms with Gasteiger partial charge in [-0.3, -0.25) is 4.79 Å². The molecule has 0 radical (unpaired) electrons. The Bertz CT molecular complexity index is 1080. The van der Waals surface area contributed by atoms with Crippen LogP contribution in [-0.2, 0) is 19.1 Å². The van der Waals surface area contributed by atoms with E-state index < -0.39 is 17.6 Å². The number of nitrogens with one attached hydrogen (secondary N) is 1. The summed E-state index contributed by atoms with van der Waals surface area (Å²) in [6, 6.07) is 11.1. The summed E-state index contributed by atoms with van der Waals surface area (Å²) in [5.74, 6) is -0.462. The molecule has 154 valence electrons. The molecule has 0 spiro atoms. The Morgan fingerprint density at radius 1 is 1.17 bits per heavy atom. The fourth-order valence-corrected chi connectivity index (χ4v) is 3.67. The van der Waals surface area contributed by atoms with Crippen LogP contribution >= 0.6 is 0 Å². The summed E-state index contributed by atoms with van der Waals surface area (Å²) in [4.78, 5) is 22.5. The Morgan fingerprint density at radius 3 is 2.67 bits per heavy atom. The minimum atomic E-state index is -4.57. The average molecular weight is 412 g/mol. The lowest BCUT2D eigenvalue weighted by atomic mass is 10.0. The van der Waals surface area contributed by atoms with Gasteiger partial charge in [0.1, 0.15) is 6.33 Å². The normalized spacial score (nSPS) is 13.7. The van der Waals surface area contributed by atoms with E-state index in [4.69, 9.17) is 0 Å². The number of halogens is 3. The third-order valence-corrected chi connectivity index (χ3v) is 5.02. The molecule has 4 rings (SSSR count). The van der Waals surface area contributed by atoms with Crippen LogP contribution in [0.5, 0.6) is 0 Å². The lowest BCUT2D eigenvalue weighted by Gasteiger charge is -2.33. The molecule has 2 aromatic carbocycles. The zero-order chi connectivity index (χ0) is 21.3. The van der Waals surface area contributed by atoms with Crippen LogP contribution in [0.15, 0.2) is 55.0 Å². The van der Waals surface area contributed by atoms with Gasteiger partial charge in [-0.1, -0.05) is 18.2 Å². The zero-order valence-electron chi connectivity index (χ0n) is 16.2. The molecule has 0 unspecified atom stereocenters. The smallest absolute Gasteiger partial charge is 0.365 e. The number of alkyl halides is 3. The highest BCUT2D eigenvalue weighted by atomic mass is 19.4. The van der Waals surface area contributed by atoms with Crippen molar-refractivity contribution < 1.29 is 18.0 Å². The van der Waals surface area contributed by atoms with E-state index in [0.29, 0.717) is 24.1 Å². The number of carbonyl (C=O) groups is 1. The fourth-order valence-electron chi connectivity index (χ4n) is 3.67. The minimum Gasteiger partial charge on any atom is -0.365 e. The monoisotopic (exact) mass is 412 g/mol. The zero-order valence-corrected chi connectivity index (χ0v) is 16.2. The van der Waals surface area contributed by atoms with Crippen molar-refractivity contribution in [1.82, 2.24) is 9.97 Å². The Morgan fingerprint density at radius 2 is 1.93 bits per heavy atom. The van der Waals surface area contributed by atoms with Crippen LogP contribution in [0.25, 0.3) is 0 Å². The van der Waals surface area contributed by atoms with Crippen molar-refractivity contribution in [1.29, 1.82) is 0 Å². The first-order valence-corrected chi connectivity index (χ1v) is 9.44. The van der Waals surface area contributed by atoms with Gasteiger partial charge in [0, 0.05) is 36.8 Å². The van der Waals surface area contributed by atoms with E-state index in [0.717, 1.165) is 17.3 Å². The van der Waals surface area contributed by atoms with E-state index in [2.05, 4.69) is 15.3 Å². The van der Waals surface area contributed by atoms with Gasteiger partial charge in [0.2, 0.25) is 0 Å². The molecule has 0 saturated heterocycles. The van der Waals surface area contributed by atoms with E-state index in [1.54, 1.807) is 54.4 Å². The maximum absolute atomic E-state index is 14.0. The number of nitrogens with zero attached hydrogens (tertiary/aromatic N) is 3. The van der Waals surface area contributed by atoms with Crippen molar-refractivity contribution in [2.24, 2.45) is 0 Å². The van der Waals surface area contributed by atoms with Gasteiger partial charge >= 0.3 is 6.18 Å². The van der Waals surface area contributed by atoms with Crippen LogP contribution in [0.2, 0.25) is 0 Å². The molecule has 1 amide bonds. The Labute approximate surface area is 171 Å². The molecule has 2 heterocycles. The van der Waals surface area contributed by atoms with Crippen molar-refractivity contribution in [3.05, 3.63) is 82.9 Å². The maximum atomic E-state index is 14.0. The highest BCUT2D eigenvalue weighted by Crippen LogP contribution is 2.43. The molecule has 1 aliphatic heterocycles. The van der Waals surface area contributed by atoms with Crippen molar-refractivity contribution in [2.75, 3.05) is 16.8 Å². The van der Waals surface area contributed by atoms with Gasteiger partial charge in [0.15, 0.2) is 0 Å². The van der Waals surface area contributed by atoms with Gasteiger partial charge in [0.25, 0.3) is 5.91 Å². The number of hydrogen-bond donors (Lipinski definition) is 1. The van der Waals surface area contributed by atoms with Gasteiger partial charge in [0.05, 0.1) is 22.6 Å². The molecule has 0 saturated carbocycles. The number of hydrogen-bond acceptors (Lipinski definition) is 4. The van der Waals surface area contributed by atoms with E-state index in [9.17, 15) is 18.0 Å². The van der Waals surface area contributed by atoms with Gasteiger partial charge in [-0.25, -0.2) is 9.97 Å². The molecule has 0 aliphatic carbocycles. The van der Waals surface area contributed by atoms with Crippen LogP contribution < -0.4 is 10.2 Å². The highest BCUT2D eigenvalue weighted by molar-refractivity contribution is 6.06. The summed E-state index contributed by atoms with van der Waals surface area (Å²) in [7, 11) is 0. The third-order valence-electron chi connectivity index (χ3n) is 5.02. The number of amides is 1. The van der Waals surface area contributed by atoms with Crippen LogP contribution in [-0.4, -0.2) is 22.4 Å². The van der Waals surface area contributed by atoms with Gasteiger partial charge in [-0.15, -0.1) is 0 Å². The minimum absolute atomic E-state index is 0.0353. The number of aromatic nitrogens is 2. The second kappa shape index (κ2) is 7.78. The standard InChI is InChI=1S/C22H19F3N4O/c1-14-9-17(22(23,24)25)20(29-8-7-18-16(12-29)11-26-13-27-18)19(10-14)28-21(30)15-5-3-2-4-6-15/h2-6,9-11,13H,7-8,12H2,1H3,(H,28,30). The molecule has 5 nitrogen and oxygen atoms in total. The first-order valence-electron chi connectivity index (χ1n) is 9.44. The molecule has 8 heteroatoms. The number of rotatable bonds is 3. The summed E-state index contributed by atoms with van der Waals surface area (Å²) in [5.41, 5.74) is 1.72. The van der Waals surface area contributed by atoms with E-state index in [1.165, 1.54) is 6.33 Å². The molecule has 1 N–H and O–H groups in total. The van der Waals surface area contributed by atoms with E-state index >= 15 is 0 Å². The molecule has 30 heavy (non-hydrogen) atoms. The largest absolute Gasteiger partial charge is 0.418 e. The van der Waals surface area contributed by atoms with Crippen molar-refractivity contribution >= 4 is 17.3 Å². The summed E-state index contributed by atoms with van der Waals surface area (Å²) >= 11 is 0. The van der Waals surface area contributed by atoms with Crippen LogP contribution in [0.3, 0.4) is 0 Å². The van der Waals surface area contributed by atoms with Crippen LogP contribution in [0.4, 0.5) is 24.5 Å². The average Bonchev–Trinajstić information content (AvgIpc) is 2.73. The summed E-state index contributed by atoms with van der Waals surface area (Å²) in [6.07, 6.45) is -1.01. The number of anilines is 2. The first-order chi connectivity index (χ1) is 14.3. The van der Waals surface area contributed by atoms with Gasteiger partial charge in [-0.05, 0) is 36.8 Å². The molecule has 3 aromatic rings. The summed E-state index contributed by atoms with van der Waals surface area (Å²) < 4.78 is 41.9. The number of aryl methyl sites for hydroxylation is 1. The predicted molar refractivity (Wildman–Crippen MR) is 107 cm³/mol. The summed E-state index contributed by atoms with van der Waals surface area (Å²) in [5, 5.41) is 2.69.